The van der Waals surface area contributed by atoms with Crippen LogP contribution in [0.25, 0.3) is 0 Å². The number of piperidine rings is 4. The summed E-state index contributed by atoms with van der Waals surface area (Å²) in [7, 11) is 4.10. The lowest BCUT2D eigenvalue weighted by atomic mass is 9.79. The Kier molecular flexibility index (Phi) is 32.8. The van der Waals surface area contributed by atoms with Crippen molar-refractivity contribution in [3.05, 3.63) is 138 Å². The molecule has 1 aromatic heterocycles. The first-order valence-electron chi connectivity index (χ1n) is 28.2. The number of benzene rings is 3. The average molecular weight is 1320 g/mol. The summed E-state index contributed by atoms with van der Waals surface area (Å²) in [5, 5.41) is 10.3. The molecular formula is C60H88Cl2N12O7S5. The summed E-state index contributed by atoms with van der Waals surface area (Å²) >= 11 is 18.5. The van der Waals surface area contributed by atoms with E-state index in [1.165, 1.54) is 50.6 Å². The van der Waals surface area contributed by atoms with E-state index in [4.69, 9.17) is 27.9 Å². The minimum Gasteiger partial charge on any atom is -0.426 e. The van der Waals surface area contributed by atoms with Crippen LogP contribution >= 0.6 is 82.9 Å². The van der Waals surface area contributed by atoms with E-state index >= 15 is 0 Å². The van der Waals surface area contributed by atoms with Crippen LogP contribution in [0.15, 0.2) is 114 Å². The van der Waals surface area contributed by atoms with E-state index in [-0.39, 0.29) is 38.1 Å². The lowest BCUT2D eigenvalue weighted by molar-refractivity contribution is -0.133. The maximum absolute atomic E-state index is 12.7. The van der Waals surface area contributed by atoms with Crippen LogP contribution in [0.3, 0.4) is 0 Å². The number of esters is 1. The third-order valence-corrected chi connectivity index (χ3v) is 18.6. The molecule has 26 heteroatoms. The number of amides is 1. The van der Waals surface area contributed by atoms with Crippen LogP contribution in [0.1, 0.15) is 123 Å². The lowest BCUT2D eigenvalue weighted by Crippen LogP contribution is -2.55. The first-order chi connectivity index (χ1) is 40.4. The topological polar surface area (TPSA) is 232 Å². The van der Waals surface area contributed by atoms with Crippen molar-refractivity contribution in [3.8, 4) is 5.75 Å². The second kappa shape index (κ2) is 37.1. The number of para-hydroxylation sites is 2. The molecule has 4 aliphatic heterocycles. The molecule has 3 aromatic carbocycles. The molecule has 1 unspecified atom stereocenters. The Morgan fingerprint density at radius 1 is 0.756 bits per heavy atom. The number of halogens is 2. The minimum atomic E-state index is -0.403. The van der Waals surface area contributed by atoms with Gasteiger partial charge in [0.15, 0.2) is 0 Å². The van der Waals surface area contributed by atoms with Gasteiger partial charge in [-0.05, 0) is 220 Å². The summed E-state index contributed by atoms with van der Waals surface area (Å²) in [6.45, 7) is 34.5. The van der Waals surface area contributed by atoms with Gasteiger partial charge in [-0.2, -0.15) is 0 Å². The van der Waals surface area contributed by atoms with E-state index in [2.05, 4.69) is 107 Å². The predicted molar refractivity (Wildman–Crippen MR) is 368 cm³/mol. The third-order valence-electron chi connectivity index (χ3n) is 13.9. The Hall–Kier alpha value is -4.21. The molecule has 0 aliphatic carbocycles. The van der Waals surface area contributed by atoms with Crippen LogP contribution in [0.4, 0.5) is 11.4 Å². The van der Waals surface area contributed by atoms with Gasteiger partial charge in [-0.25, -0.2) is 4.40 Å². The second-order valence-corrected chi connectivity index (χ2v) is 32.5. The number of hydrogen-bond acceptors (Lipinski definition) is 23. The minimum absolute atomic E-state index is 0.0766. The summed E-state index contributed by atoms with van der Waals surface area (Å²) < 4.78 is 20.7. The number of fused-ring (bicyclic) bond motifs is 3. The smallest absolute Gasteiger partial charge is 0.315 e. The molecule has 2 bridgehead atoms. The molecule has 4 aromatic rings. The van der Waals surface area contributed by atoms with Gasteiger partial charge < -0.3 is 35.4 Å². The Labute approximate surface area is 541 Å². The number of carbonyl (C=O) groups is 2. The molecule has 474 valence electrons. The fourth-order valence-electron chi connectivity index (χ4n) is 9.12. The van der Waals surface area contributed by atoms with Gasteiger partial charge in [0, 0.05) is 137 Å². The highest BCUT2D eigenvalue weighted by molar-refractivity contribution is 8.00. The molecular weight excluding hydrogens is 1230 g/mol. The molecule has 3 N–H and O–H groups in total. The van der Waals surface area contributed by atoms with E-state index < -0.39 is 4.75 Å². The first kappa shape index (κ1) is 76.0. The van der Waals surface area contributed by atoms with E-state index in [1.54, 1.807) is 60.6 Å². The van der Waals surface area contributed by atoms with E-state index in [0.717, 1.165) is 91.1 Å². The number of pyridine rings is 1. The zero-order valence-corrected chi connectivity index (χ0v) is 57.6. The zero-order chi connectivity index (χ0) is 64.2. The van der Waals surface area contributed by atoms with Crippen molar-refractivity contribution in [1.29, 1.82) is 0 Å². The van der Waals surface area contributed by atoms with Gasteiger partial charge >= 0.3 is 5.97 Å². The van der Waals surface area contributed by atoms with Crippen molar-refractivity contribution in [1.82, 2.24) is 30.3 Å². The second-order valence-electron chi connectivity index (χ2n) is 24.7. The Bertz CT molecular complexity index is 2730. The molecule has 1 amide bonds. The maximum Gasteiger partial charge on any atom is 0.315 e. The molecule has 19 nitrogen and oxygen atoms in total. The molecule has 8 rings (SSSR count). The highest BCUT2D eigenvalue weighted by Gasteiger charge is 2.44. The van der Waals surface area contributed by atoms with Crippen molar-refractivity contribution in [2.45, 2.75) is 144 Å². The van der Waals surface area contributed by atoms with E-state index in [9.17, 15) is 29.2 Å². The van der Waals surface area contributed by atoms with E-state index in [0.29, 0.717) is 51.4 Å². The largest absolute Gasteiger partial charge is 0.426 e. The lowest BCUT2D eigenvalue weighted by Gasteiger charge is -2.50. The number of likely N-dealkylation sites (tertiary alicyclic amines) is 1. The van der Waals surface area contributed by atoms with E-state index in [1.807, 2.05) is 85.0 Å². The van der Waals surface area contributed by atoms with Gasteiger partial charge in [0.1, 0.15) is 5.75 Å². The summed E-state index contributed by atoms with van der Waals surface area (Å²) in [6, 6.07) is 23.5. The summed E-state index contributed by atoms with van der Waals surface area (Å²) in [5.74, 6) is 0.766. The van der Waals surface area contributed by atoms with Crippen molar-refractivity contribution >= 4 is 113 Å². The summed E-state index contributed by atoms with van der Waals surface area (Å²) in [5.41, 5.74) is 3.74. The maximum atomic E-state index is 12.7. The number of hydrogen-bond donors (Lipinski definition) is 3. The molecule has 4 fully saturated rings. The standard InChI is InChI=1S/C26H27Cl2N3O3S.C10H13N3O2S.C9H16N2S.C8H18N2OS.C7H14N2OS/c1-26(2,35-30-33)17-31(3)16-18-11-13-20(14-12-18)34-24(32)15-19-7-4-5-10-23(19)29-25-21(27)8-6-9-22(25)28;1-10(2,16-13-15)7-12-9(14)8-4-3-5-11-6-8;1-9(12-10-2)7-11-5-3-8(9)4-6-11;1-7(2,3)9-6-8(4,5)12-10-11;1-7(11-8-10)3-5-9(2)6-4-7/h4-14,29H,15-17H2,1-3H3;3-6H,7H2,1-2H3,(H,12,14);8H,2-7H2,1H3;9H,6H2,1-5H3;3-6H2,1-2H3. The van der Waals surface area contributed by atoms with Gasteiger partial charge in [-0.1, -0.05) is 59.6 Å². The molecule has 5 heterocycles. The van der Waals surface area contributed by atoms with Crippen LogP contribution in [0, 0.1) is 25.5 Å². The van der Waals surface area contributed by atoms with Crippen molar-refractivity contribution in [3.63, 3.8) is 0 Å². The number of nitrogens with zero attached hydrogens (tertiary/aromatic N) is 9. The number of rotatable bonds is 24. The Morgan fingerprint density at radius 2 is 1.34 bits per heavy atom. The molecule has 0 radical (unpaired) electrons. The Balaban J connectivity index is 0.000000314. The SMILES string of the molecule is C=NSC1(C)CN2CCC1CC2.CC(C)(C)NCC(C)(C)SN=O.CC(C)(CNC(=O)c1cccnc1)SN=O.CN(Cc1ccc(OC(=O)Cc2ccccc2Nc2c(Cl)cccc2Cl)cc1)CC(C)(C)SN=O.CN1CCC(C)(SN=O)CC1. The average Bonchev–Trinajstić information content (AvgIpc) is 1.40. The van der Waals surface area contributed by atoms with Gasteiger partial charge in [-0.3, -0.25) is 14.6 Å². The summed E-state index contributed by atoms with van der Waals surface area (Å²) in [6.07, 6.45) is 8.03. The monoisotopic (exact) mass is 1320 g/mol. The van der Waals surface area contributed by atoms with Gasteiger partial charge in [0.2, 0.25) is 0 Å². The molecule has 4 saturated heterocycles. The molecule has 0 spiro atoms. The van der Waals surface area contributed by atoms with Gasteiger partial charge in [0.25, 0.3) is 5.91 Å². The molecule has 0 saturated carbocycles. The third kappa shape index (κ3) is 29.4. The van der Waals surface area contributed by atoms with Crippen LogP contribution < -0.4 is 20.7 Å². The first-order valence-corrected chi connectivity index (χ1v) is 32.8. The van der Waals surface area contributed by atoms with Crippen molar-refractivity contribution in [2.75, 3.05) is 71.8 Å². The predicted octanol–water partition coefficient (Wildman–Crippen LogP) is 15.8. The van der Waals surface area contributed by atoms with Crippen LogP contribution in [0.2, 0.25) is 10.0 Å². The van der Waals surface area contributed by atoms with Crippen molar-refractivity contribution in [2.24, 2.45) is 28.6 Å². The Morgan fingerprint density at radius 3 is 1.86 bits per heavy atom. The van der Waals surface area contributed by atoms with Crippen LogP contribution in [-0.4, -0.2) is 134 Å². The molecule has 1 atom stereocenters. The number of carbonyl (C=O) groups excluding carboxylic acids is 2. The highest BCUT2D eigenvalue weighted by atomic mass is 35.5. The zero-order valence-electron chi connectivity index (χ0n) is 52.0. The highest BCUT2D eigenvalue weighted by Crippen LogP contribution is 2.44. The van der Waals surface area contributed by atoms with Crippen LogP contribution in [-0.2, 0) is 17.8 Å². The number of aromatic nitrogens is 1. The molecule has 86 heavy (non-hydrogen) atoms. The normalized spacial score (nSPS) is 18.1. The number of ether oxygens (including phenoxy) is 1. The summed E-state index contributed by atoms with van der Waals surface area (Å²) in [4.78, 5) is 75.9. The van der Waals surface area contributed by atoms with Crippen LogP contribution in [0.5, 0.6) is 5.75 Å². The quantitative estimate of drug-likeness (QED) is 0.0195. The van der Waals surface area contributed by atoms with Gasteiger partial charge in [-0.15, -0.1) is 19.6 Å². The fraction of sp³-hybridized carbons (Fsp3) is 0.567. The van der Waals surface area contributed by atoms with Gasteiger partial charge in [0.05, 0.1) is 37.2 Å². The fourth-order valence-corrected chi connectivity index (χ4v) is 12.2. The molecule has 4 aliphatic rings. The number of nitroso groups, excluding NO2 is 4. The number of anilines is 2. The number of nitrogens with one attached hydrogen (secondary N) is 3. The van der Waals surface area contributed by atoms with Crippen molar-refractivity contribution < 1.29 is 14.3 Å².